The van der Waals surface area contributed by atoms with Crippen LogP contribution in [-0.4, -0.2) is 7.05 Å². The van der Waals surface area contributed by atoms with Crippen molar-refractivity contribution >= 4 is 33.5 Å². The molecule has 0 bridgehead atoms. The summed E-state index contributed by atoms with van der Waals surface area (Å²) in [4.78, 5) is 4.65. The molecule has 0 fully saturated rings. The largest absolute Gasteiger partial charge is 0.348 e. The quantitative estimate of drug-likeness (QED) is 0.185. The van der Waals surface area contributed by atoms with Crippen LogP contribution in [0.25, 0.3) is 33.0 Å². The molecular formula is C43H36N2. The number of hydrogen-bond acceptors (Lipinski definition) is 2. The van der Waals surface area contributed by atoms with Gasteiger partial charge in [0.2, 0.25) is 0 Å². The van der Waals surface area contributed by atoms with E-state index < -0.39 is 0 Å². The van der Waals surface area contributed by atoms with Gasteiger partial charge >= 0.3 is 0 Å². The summed E-state index contributed by atoms with van der Waals surface area (Å²) in [5, 5.41) is 2.45. The minimum Gasteiger partial charge on any atom is -0.348 e. The number of fused-ring (bicyclic) bond motifs is 1. The molecule has 0 heterocycles. The molecule has 0 aliphatic heterocycles. The molecule has 0 radical (unpaired) electrons. The minimum atomic E-state index is 0.926. The third-order valence-corrected chi connectivity index (χ3v) is 8.61. The molecule has 1 aliphatic rings. The van der Waals surface area contributed by atoms with E-state index in [0.717, 1.165) is 23.5 Å². The van der Waals surface area contributed by atoms with Gasteiger partial charge in [0.05, 0.1) is 5.69 Å². The first-order chi connectivity index (χ1) is 22.1. The normalized spacial score (nSPS) is 12.8. The fraction of sp³-hybridized carbons (Fsp3) is 0.0698. The van der Waals surface area contributed by atoms with E-state index in [1.165, 1.54) is 50.0 Å². The van der Waals surface area contributed by atoms with E-state index in [1.54, 1.807) is 0 Å². The summed E-state index contributed by atoms with van der Waals surface area (Å²) in [7, 11) is 2.15. The molecule has 7 rings (SSSR count). The molecular weight excluding hydrogens is 544 g/mol. The Morgan fingerprint density at radius 1 is 0.511 bits per heavy atom. The van der Waals surface area contributed by atoms with Gasteiger partial charge in [0.1, 0.15) is 0 Å². The summed E-state index contributed by atoms with van der Waals surface area (Å²) in [6.07, 6.45) is 9.75. The van der Waals surface area contributed by atoms with Gasteiger partial charge in [-0.3, -0.25) is 0 Å². The Kier molecular flexibility index (Phi) is 7.87. The molecule has 2 nitrogen and oxygen atoms in total. The second-order valence-corrected chi connectivity index (χ2v) is 11.6. The molecule has 1 aliphatic carbocycles. The monoisotopic (exact) mass is 580 g/mol. The van der Waals surface area contributed by atoms with Gasteiger partial charge in [-0.2, -0.15) is 0 Å². The fourth-order valence-electron chi connectivity index (χ4n) is 6.10. The highest BCUT2D eigenvalue weighted by Gasteiger charge is 2.16. The molecule has 0 N–H and O–H groups in total. The summed E-state index contributed by atoms with van der Waals surface area (Å²) < 4.78 is 0. The van der Waals surface area contributed by atoms with Gasteiger partial charge in [-0.05, 0) is 83.1 Å². The lowest BCUT2D eigenvalue weighted by molar-refractivity contribution is 1.03. The van der Waals surface area contributed by atoms with E-state index in [0.29, 0.717) is 0 Å². The molecule has 0 aromatic heterocycles. The lowest BCUT2D eigenvalue weighted by Gasteiger charge is -2.27. The molecule has 6 aromatic rings. The van der Waals surface area contributed by atoms with Crippen LogP contribution in [0.3, 0.4) is 0 Å². The SMILES string of the molecule is CC1=CC=C(N(C)c2ccc(-c3ccc(N(c4cccc(-c5ccccc5)c4)c4cccc5ccccc45)cc3)cc2)CC=C1. The molecule has 0 atom stereocenters. The summed E-state index contributed by atoms with van der Waals surface area (Å²) in [5.74, 6) is 0. The van der Waals surface area contributed by atoms with Crippen LogP contribution < -0.4 is 9.80 Å². The first-order valence-corrected chi connectivity index (χ1v) is 15.6. The second kappa shape index (κ2) is 12.6. The van der Waals surface area contributed by atoms with Crippen LogP contribution in [0.2, 0.25) is 0 Å². The van der Waals surface area contributed by atoms with Crippen molar-refractivity contribution in [2.45, 2.75) is 13.3 Å². The lowest BCUT2D eigenvalue weighted by Crippen LogP contribution is -2.15. The molecule has 0 saturated heterocycles. The molecule has 0 saturated carbocycles. The van der Waals surface area contributed by atoms with Crippen LogP contribution in [0.1, 0.15) is 13.3 Å². The van der Waals surface area contributed by atoms with Crippen LogP contribution >= 0.6 is 0 Å². The Labute approximate surface area is 266 Å². The van der Waals surface area contributed by atoms with Crippen molar-refractivity contribution in [1.82, 2.24) is 0 Å². The molecule has 218 valence electrons. The summed E-state index contributed by atoms with van der Waals surface area (Å²) in [6.45, 7) is 2.14. The molecule has 0 amide bonds. The van der Waals surface area contributed by atoms with Gasteiger partial charge in [-0.1, -0.05) is 127 Å². The number of benzene rings is 6. The molecule has 2 heteroatoms. The third kappa shape index (κ3) is 5.96. The molecule has 45 heavy (non-hydrogen) atoms. The number of anilines is 4. The van der Waals surface area contributed by atoms with Gasteiger partial charge in [0, 0.05) is 41.6 Å². The van der Waals surface area contributed by atoms with E-state index in [-0.39, 0.29) is 0 Å². The maximum absolute atomic E-state index is 2.38. The maximum atomic E-state index is 2.38. The van der Waals surface area contributed by atoms with E-state index in [1.807, 2.05) is 0 Å². The smallest absolute Gasteiger partial charge is 0.0540 e. The highest BCUT2D eigenvalue weighted by atomic mass is 15.1. The van der Waals surface area contributed by atoms with Gasteiger partial charge < -0.3 is 9.80 Å². The molecule has 0 spiro atoms. The Balaban J connectivity index is 1.23. The van der Waals surface area contributed by atoms with Crippen molar-refractivity contribution in [3.63, 3.8) is 0 Å². The van der Waals surface area contributed by atoms with Gasteiger partial charge in [-0.25, -0.2) is 0 Å². The zero-order chi connectivity index (χ0) is 30.6. The minimum absolute atomic E-state index is 0.926. The van der Waals surface area contributed by atoms with Crippen LogP contribution in [-0.2, 0) is 0 Å². The summed E-state index contributed by atoms with van der Waals surface area (Å²) >= 11 is 0. The maximum Gasteiger partial charge on any atom is 0.0540 e. The Bertz CT molecular complexity index is 2030. The topological polar surface area (TPSA) is 6.48 Å². The Morgan fingerprint density at radius 2 is 1.13 bits per heavy atom. The second-order valence-electron chi connectivity index (χ2n) is 11.6. The number of allylic oxidation sites excluding steroid dienone is 5. The number of rotatable bonds is 7. The zero-order valence-electron chi connectivity index (χ0n) is 25.8. The highest BCUT2D eigenvalue weighted by molar-refractivity contribution is 5.99. The van der Waals surface area contributed by atoms with E-state index in [2.05, 4.69) is 194 Å². The Hall–Kier alpha value is -5.60. The van der Waals surface area contributed by atoms with Crippen molar-refractivity contribution in [2.75, 3.05) is 16.8 Å². The van der Waals surface area contributed by atoms with Gasteiger partial charge in [0.25, 0.3) is 0 Å². The van der Waals surface area contributed by atoms with Crippen molar-refractivity contribution in [2.24, 2.45) is 0 Å². The molecule has 6 aromatic carbocycles. The first kappa shape index (κ1) is 28.2. The van der Waals surface area contributed by atoms with Crippen LogP contribution in [0.15, 0.2) is 181 Å². The molecule has 0 unspecified atom stereocenters. The van der Waals surface area contributed by atoms with Gasteiger partial charge in [-0.15, -0.1) is 0 Å². The average Bonchev–Trinajstić information content (AvgIpc) is 3.33. The lowest BCUT2D eigenvalue weighted by atomic mass is 10.0. The average molecular weight is 581 g/mol. The van der Waals surface area contributed by atoms with E-state index >= 15 is 0 Å². The van der Waals surface area contributed by atoms with Crippen LogP contribution in [0, 0.1) is 0 Å². The van der Waals surface area contributed by atoms with Crippen LogP contribution in [0.4, 0.5) is 22.7 Å². The zero-order valence-corrected chi connectivity index (χ0v) is 25.8. The van der Waals surface area contributed by atoms with Crippen molar-refractivity contribution in [3.8, 4) is 22.3 Å². The predicted molar refractivity (Wildman–Crippen MR) is 194 cm³/mol. The van der Waals surface area contributed by atoms with Crippen molar-refractivity contribution < 1.29 is 0 Å². The standard InChI is InChI=1S/C43H36N2/c1-32-11-8-17-38(26-21-32)44(2)39-27-22-34(23-28-39)35-24-29-40(30-25-35)45(43-20-10-15-36-14-6-7-19-42(36)43)41-18-9-16-37(31-41)33-12-4-3-5-13-33/h3-16,18-31H,17H2,1-2H3. The van der Waals surface area contributed by atoms with Crippen molar-refractivity contribution in [1.29, 1.82) is 0 Å². The number of nitrogens with zero attached hydrogens (tertiary/aromatic N) is 2. The number of hydrogen-bond donors (Lipinski definition) is 0. The van der Waals surface area contributed by atoms with Gasteiger partial charge in [0.15, 0.2) is 0 Å². The fourth-order valence-corrected chi connectivity index (χ4v) is 6.10. The Morgan fingerprint density at radius 3 is 1.91 bits per heavy atom. The summed E-state index contributed by atoms with van der Waals surface area (Å²) in [6, 6.07) is 52.4. The third-order valence-electron chi connectivity index (χ3n) is 8.61. The first-order valence-electron chi connectivity index (χ1n) is 15.6. The van der Waals surface area contributed by atoms with Crippen molar-refractivity contribution in [3.05, 3.63) is 181 Å². The predicted octanol–water partition coefficient (Wildman–Crippen LogP) is 11.9. The van der Waals surface area contributed by atoms with E-state index in [4.69, 9.17) is 0 Å². The highest BCUT2D eigenvalue weighted by Crippen LogP contribution is 2.40. The van der Waals surface area contributed by atoms with E-state index in [9.17, 15) is 0 Å². The van der Waals surface area contributed by atoms with Crippen LogP contribution in [0.5, 0.6) is 0 Å². The summed E-state index contributed by atoms with van der Waals surface area (Å²) in [5.41, 5.74) is 11.9.